The van der Waals surface area contributed by atoms with Crippen molar-refractivity contribution in [1.29, 1.82) is 0 Å². The van der Waals surface area contributed by atoms with Crippen molar-refractivity contribution in [1.82, 2.24) is 4.31 Å². The lowest BCUT2D eigenvalue weighted by Crippen LogP contribution is -2.37. The quantitative estimate of drug-likeness (QED) is 0.642. The fraction of sp³-hybridized carbons (Fsp3) is 0.429. The van der Waals surface area contributed by atoms with E-state index in [1.165, 1.54) is 35.7 Å². The number of aryl methyl sites for hydroxylation is 1. The summed E-state index contributed by atoms with van der Waals surface area (Å²) >= 11 is 0. The predicted octanol–water partition coefficient (Wildman–Crippen LogP) is 3.15. The number of carbonyl (C=O) groups excluding carboxylic acids is 2. The molecule has 1 fully saturated rings. The van der Waals surface area contributed by atoms with E-state index in [0.29, 0.717) is 30.3 Å². The van der Waals surface area contributed by atoms with Crippen LogP contribution in [0.5, 0.6) is 0 Å². The van der Waals surface area contributed by atoms with Gasteiger partial charge < -0.3 is 13.9 Å². The molecular weight excluding hydrogens is 410 g/mol. The minimum atomic E-state index is -3.57. The van der Waals surface area contributed by atoms with Crippen molar-refractivity contribution in [2.75, 3.05) is 20.2 Å². The van der Waals surface area contributed by atoms with Crippen molar-refractivity contribution in [3.05, 3.63) is 53.0 Å². The van der Waals surface area contributed by atoms with Gasteiger partial charge in [-0.3, -0.25) is 0 Å². The molecular formula is C21H25NO7S. The Bertz CT molecular complexity index is 1020. The van der Waals surface area contributed by atoms with Gasteiger partial charge in [0.2, 0.25) is 15.8 Å². The molecule has 162 valence electrons. The van der Waals surface area contributed by atoms with Gasteiger partial charge in [-0.15, -0.1) is 0 Å². The van der Waals surface area contributed by atoms with E-state index in [9.17, 15) is 18.0 Å². The Morgan fingerprint density at radius 1 is 1.13 bits per heavy atom. The first kappa shape index (κ1) is 22.0. The van der Waals surface area contributed by atoms with Gasteiger partial charge in [-0.2, -0.15) is 4.31 Å². The van der Waals surface area contributed by atoms with Crippen LogP contribution in [0.1, 0.15) is 52.0 Å². The fourth-order valence-corrected chi connectivity index (χ4v) is 4.74. The molecule has 1 aliphatic rings. The van der Waals surface area contributed by atoms with Crippen molar-refractivity contribution in [3.8, 4) is 0 Å². The number of carbonyl (C=O) groups is 2. The Morgan fingerprint density at radius 2 is 1.77 bits per heavy atom. The van der Waals surface area contributed by atoms with Gasteiger partial charge in [0.15, 0.2) is 0 Å². The molecule has 0 spiro atoms. The molecule has 0 unspecified atom stereocenters. The molecule has 0 radical (unpaired) electrons. The van der Waals surface area contributed by atoms with E-state index in [2.05, 4.69) is 11.7 Å². The third kappa shape index (κ3) is 4.73. The molecule has 30 heavy (non-hydrogen) atoms. The first-order valence-corrected chi connectivity index (χ1v) is 11.1. The highest BCUT2D eigenvalue weighted by molar-refractivity contribution is 7.89. The topological polar surface area (TPSA) is 103 Å². The van der Waals surface area contributed by atoms with Crippen molar-refractivity contribution in [2.45, 2.75) is 38.2 Å². The summed E-state index contributed by atoms with van der Waals surface area (Å²) in [5, 5.41) is 0. The van der Waals surface area contributed by atoms with Gasteiger partial charge in [0.05, 0.1) is 17.6 Å². The lowest BCUT2D eigenvalue weighted by Gasteiger charge is -2.29. The zero-order chi connectivity index (χ0) is 21.9. The van der Waals surface area contributed by atoms with E-state index in [-0.39, 0.29) is 22.8 Å². The van der Waals surface area contributed by atoms with E-state index in [1.54, 1.807) is 13.0 Å². The van der Waals surface area contributed by atoms with Crippen LogP contribution < -0.4 is 0 Å². The molecule has 2 aromatic rings. The molecule has 0 amide bonds. The van der Waals surface area contributed by atoms with Crippen LogP contribution in [0.4, 0.5) is 0 Å². The molecule has 0 N–H and O–H groups in total. The van der Waals surface area contributed by atoms with Crippen LogP contribution in [-0.4, -0.2) is 44.9 Å². The summed E-state index contributed by atoms with van der Waals surface area (Å²) < 4.78 is 42.2. The van der Waals surface area contributed by atoms with Crippen LogP contribution in [0.25, 0.3) is 0 Å². The van der Waals surface area contributed by atoms with Crippen molar-refractivity contribution >= 4 is 22.0 Å². The normalized spacial score (nSPS) is 15.7. The first-order valence-electron chi connectivity index (χ1n) is 9.67. The van der Waals surface area contributed by atoms with Crippen LogP contribution in [0.3, 0.4) is 0 Å². The number of methoxy groups -OCH3 is 1. The smallest absolute Gasteiger partial charge is 0.374 e. The van der Waals surface area contributed by atoms with E-state index in [1.807, 2.05) is 0 Å². The molecule has 1 aromatic carbocycles. The maximum atomic E-state index is 12.8. The van der Waals surface area contributed by atoms with Gasteiger partial charge in [-0.25, -0.2) is 18.0 Å². The molecule has 9 heteroatoms. The van der Waals surface area contributed by atoms with Crippen molar-refractivity contribution in [2.24, 2.45) is 5.92 Å². The number of rotatable bonds is 6. The minimum Gasteiger partial charge on any atom is -0.463 e. The second-order valence-electron chi connectivity index (χ2n) is 7.40. The van der Waals surface area contributed by atoms with Crippen LogP contribution in [0.15, 0.2) is 39.6 Å². The molecule has 1 aliphatic heterocycles. The minimum absolute atomic E-state index is 0.0604. The summed E-state index contributed by atoms with van der Waals surface area (Å²) in [5.41, 5.74) is 0.798. The zero-order valence-corrected chi connectivity index (χ0v) is 18.0. The Kier molecular flexibility index (Phi) is 6.62. The molecule has 0 atom stereocenters. The van der Waals surface area contributed by atoms with Crippen molar-refractivity contribution < 1.29 is 31.9 Å². The molecule has 1 aromatic heterocycles. The van der Waals surface area contributed by atoms with Gasteiger partial charge in [0, 0.05) is 18.7 Å². The predicted molar refractivity (Wildman–Crippen MR) is 108 cm³/mol. The molecule has 3 rings (SSSR count). The van der Waals surface area contributed by atoms with Gasteiger partial charge in [-0.1, -0.05) is 6.92 Å². The number of hydrogen-bond donors (Lipinski definition) is 0. The number of hydrogen-bond acceptors (Lipinski definition) is 7. The van der Waals surface area contributed by atoms with E-state index < -0.39 is 22.0 Å². The van der Waals surface area contributed by atoms with Crippen LogP contribution in [-0.2, 0) is 26.1 Å². The Morgan fingerprint density at radius 3 is 2.37 bits per heavy atom. The maximum absolute atomic E-state index is 12.8. The lowest BCUT2D eigenvalue weighted by atomic mass is 10.0. The molecule has 2 heterocycles. The number of nitrogens with zero attached hydrogens (tertiary/aromatic N) is 1. The maximum Gasteiger partial charge on any atom is 0.374 e. The molecule has 8 nitrogen and oxygen atoms in total. The molecule has 0 aliphatic carbocycles. The Labute approximate surface area is 175 Å². The highest BCUT2D eigenvalue weighted by Crippen LogP contribution is 2.24. The Hall–Kier alpha value is -2.65. The largest absolute Gasteiger partial charge is 0.463 e. The van der Waals surface area contributed by atoms with Crippen LogP contribution in [0.2, 0.25) is 0 Å². The number of ether oxygens (including phenoxy) is 2. The van der Waals surface area contributed by atoms with E-state index >= 15 is 0 Å². The number of esters is 2. The summed E-state index contributed by atoms with van der Waals surface area (Å²) in [6.45, 7) is 4.64. The second-order valence-corrected chi connectivity index (χ2v) is 9.34. The zero-order valence-electron chi connectivity index (χ0n) is 17.2. The summed E-state index contributed by atoms with van der Waals surface area (Å²) in [5.74, 6) is -0.343. The number of furan rings is 1. The molecule has 1 saturated heterocycles. The summed E-state index contributed by atoms with van der Waals surface area (Å²) in [6, 6.07) is 7.27. The molecule has 0 bridgehead atoms. The highest BCUT2D eigenvalue weighted by atomic mass is 32.2. The number of benzene rings is 1. The SMILES string of the molecule is COC(=O)c1oc(COC(=O)c2ccc(S(=O)(=O)N3CCC(C)CC3)cc2)cc1C. The average molecular weight is 435 g/mol. The second kappa shape index (κ2) is 9.01. The van der Waals surface area contributed by atoms with Gasteiger partial charge in [0.1, 0.15) is 12.4 Å². The van der Waals surface area contributed by atoms with Gasteiger partial charge >= 0.3 is 11.9 Å². The monoisotopic (exact) mass is 435 g/mol. The average Bonchev–Trinajstić information content (AvgIpc) is 3.12. The number of sulfonamides is 1. The summed E-state index contributed by atoms with van der Waals surface area (Å²) in [4.78, 5) is 24.0. The standard InChI is InChI=1S/C21H25NO7S/c1-14-8-10-22(11-9-14)30(25,26)18-6-4-16(5-7-18)20(23)28-13-17-12-15(2)19(29-17)21(24)27-3/h4-7,12,14H,8-11,13H2,1-3H3. The van der Waals surface area contributed by atoms with Gasteiger partial charge in [0.25, 0.3) is 0 Å². The highest BCUT2D eigenvalue weighted by Gasteiger charge is 2.28. The fourth-order valence-electron chi connectivity index (χ4n) is 3.27. The van der Waals surface area contributed by atoms with Crippen LogP contribution in [0, 0.1) is 12.8 Å². The van der Waals surface area contributed by atoms with Crippen LogP contribution >= 0.6 is 0 Å². The third-order valence-corrected chi connectivity index (χ3v) is 7.07. The van der Waals surface area contributed by atoms with Crippen molar-refractivity contribution in [3.63, 3.8) is 0 Å². The summed E-state index contributed by atoms with van der Waals surface area (Å²) in [7, 11) is -2.32. The lowest BCUT2D eigenvalue weighted by molar-refractivity contribution is 0.0438. The number of piperidine rings is 1. The molecule has 0 saturated carbocycles. The first-order chi connectivity index (χ1) is 14.2. The summed E-state index contributed by atoms with van der Waals surface area (Å²) in [6.07, 6.45) is 1.68. The third-order valence-electron chi connectivity index (χ3n) is 5.16. The van der Waals surface area contributed by atoms with E-state index in [0.717, 1.165) is 12.8 Å². The van der Waals surface area contributed by atoms with Gasteiger partial charge in [-0.05, 0) is 56.0 Å². The Balaban J connectivity index is 1.63. The van der Waals surface area contributed by atoms with E-state index in [4.69, 9.17) is 9.15 Å².